The summed E-state index contributed by atoms with van der Waals surface area (Å²) in [6.07, 6.45) is 5.21. The van der Waals surface area contributed by atoms with Gasteiger partial charge in [-0.2, -0.15) is 0 Å². The van der Waals surface area contributed by atoms with Gasteiger partial charge in [-0.3, -0.25) is 9.59 Å². The van der Waals surface area contributed by atoms with Gasteiger partial charge in [-0.1, -0.05) is 66.9 Å². The molecule has 0 radical (unpaired) electrons. The highest BCUT2D eigenvalue weighted by atomic mass is 35.5. The standard InChI is InChI=1S/C31H34ClFN2O3/c32-25-14-18-28(19-15-25)38-20-6-11-30(36)35(22-24-12-16-26(33)17-13-24)29(21-23-7-2-1-3-8-23)31(37)34-27-9-4-5-10-27/h1-3,7-8,12-19,27,29H,4-6,9-11,20-22H2,(H,34,37)/t29-/m0/s1. The predicted octanol–water partition coefficient (Wildman–Crippen LogP) is 6.34. The van der Waals surface area contributed by atoms with Crippen molar-refractivity contribution in [3.63, 3.8) is 0 Å². The number of nitrogens with zero attached hydrogens (tertiary/aromatic N) is 1. The van der Waals surface area contributed by atoms with Gasteiger partial charge < -0.3 is 15.0 Å². The van der Waals surface area contributed by atoms with Crippen molar-refractivity contribution in [2.24, 2.45) is 0 Å². The number of halogens is 2. The monoisotopic (exact) mass is 536 g/mol. The molecule has 200 valence electrons. The summed E-state index contributed by atoms with van der Waals surface area (Å²) >= 11 is 5.93. The van der Waals surface area contributed by atoms with Crippen molar-refractivity contribution in [1.29, 1.82) is 0 Å². The third-order valence-electron chi connectivity index (χ3n) is 6.86. The van der Waals surface area contributed by atoms with Gasteiger partial charge in [0, 0.05) is 30.5 Å². The van der Waals surface area contributed by atoms with Crippen molar-refractivity contribution < 1.29 is 18.7 Å². The van der Waals surface area contributed by atoms with E-state index in [1.54, 1.807) is 41.3 Å². The molecule has 0 aliphatic heterocycles. The van der Waals surface area contributed by atoms with E-state index >= 15 is 0 Å². The van der Waals surface area contributed by atoms with E-state index in [0.717, 1.165) is 36.8 Å². The number of amides is 2. The van der Waals surface area contributed by atoms with Gasteiger partial charge >= 0.3 is 0 Å². The SMILES string of the molecule is O=C(NC1CCCC1)[C@H](Cc1ccccc1)N(Cc1ccc(F)cc1)C(=O)CCCOc1ccc(Cl)cc1. The molecule has 38 heavy (non-hydrogen) atoms. The smallest absolute Gasteiger partial charge is 0.243 e. The number of benzene rings is 3. The Bertz CT molecular complexity index is 1170. The molecule has 1 aliphatic rings. The summed E-state index contributed by atoms with van der Waals surface area (Å²) in [7, 11) is 0. The highest BCUT2D eigenvalue weighted by Crippen LogP contribution is 2.21. The van der Waals surface area contributed by atoms with E-state index in [0.29, 0.717) is 30.2 Å². The maximum absolute atomic E-state index is 13.6. The lowest BCUT2D eigenvalue weighted by molar-refractivity contribution is -0.141. The van der Waals surface area contributed by atoms with Crippen molar-refractivity contribution in [3.05, 3.63) is 101 Å². The number of rotatable bonds is 12. The molecular formula is C31H34ClFN2O3. The Labute approximate surface area is 228 Å². The van der Waals surface area contributed by atoms with Crippen LogP contribution >= 0.6 is 11.6 Å². The summed E-state index contributed by atoms with van der Waals surface area (Å²) in [5, 5.41) is 3.82. The molecule has 1 N–H and O–H groups in total. The first kappa shape index (κ1) is 27.6. The molecule has 7 heteroatoms. The summed E-state index contributed by atoms with van der Waals surface area (Å²) in [6.45, 7) is 0.572. The number of carbonyl (C=O) groups is 2. The van der Waals surface area contributed by atoms with Crippen LogP contribution in [0.2, 0.25) is 5.02 Å². The van der Waals surface area contributed by atoms with Crippen LogP contribution in [0.4, 0.5) is 4.39 Å². The highest BCUT2D eigenvalue weighted by Gasteiger charge is 2.32. The first-order valence-corrected chi connectivity index (χ1v) is 13.6. The average Bonchev–Trinajstić information content (AvgIpc) is 3.44. The molecule has 1 saturated carbocycles. The molecule has 1 aliphatic carbocycles. The molecule has 0 bridgehead atoms. The zero-order chi connectivity index (χ0) is 26.7. The molecule has 4 rings (SSSR count). The Morgan fingerprint density at radius 1 is 0.947 bits per heavy atom. The van der Waals surface area contributed by atoms with Crippen LogP contribution in [-0.4, -0.2) is 35.4 Å². The van der Waals surface area contributed by atoms with Gasteiger partial charge in [0.05, 0.1) is 6.61 Å². The Morgan fingerprint density at radius 2 is 1.63 bits per heavy atom. The quantitative estimate of drug-likeness (QED) is 0.275. The van der Waals surface area contributed by atoms with E-state index in [1.165, 1.54) is 12.1 Å². The minimum atomic E-state index is -0.687. The molecule has 2 amide bonds. The van der Waals surface area contributed by atoms with Gasteiger partial charge in [0.25, 0.3) is 0 Å². The number of nitrogens with one attached hydrogen (secondary N) is 1. The lowest BCUT2D eigenvalue weighted by Gasteiger charge is -2.32. The van der Waals surface area contributed by atoms with Crippen LogP contribution in [0, 0.1) is 5.82 Å². The second-order valence-corrected chi connectivity index (χ2v) is 10.2. The summed E-state index contributed by atoms with van der Waals surface area (Å²) in [6, 6.07) is 22.3. The fourth-order valence-corrected chi connectivity index (χ4v) is 4.92. The summed E-state index contributed by atoms with van der Waals surface area (Å²) < 4.78 is 19.4. The van der Waals surface area contributed by atoms with Gasteiger partial charge in [-0.15, -0.1) is 0 Å². The molecule has 0 heterocycles. The molecule has 0 saturated heterocycles. The minimum absolute atomic E-state index is 0.135. The largest absolute Gasteiger partial charge is 0.494 e. The van der Waals surface area contributed by atoms with Crippen LogP contribution in [0.3, 0.4) is 0 Å². The first-order valence-electron chi connectivity index (χ1n) is 13.2. The predicted molar refractivity (Wildman–Crippen MR) is 147 cm³/mol. The van der Waals surface area contributed by atoms with Crippen molar-refractivity contribution in [1.82, 2.24) is 10.2 Å². The minimum Gasteiger partial charge on any atom is -0.494 e. The second-order valence-electron chi connectivity index (χ2n) is 9.75. The Kier molecular flexibility index (Phi) is 10.2. The molecule has 3 aromatic carbocycles. The fraction of sp³-hybridized carbons (Fsp3) is 0.355. The third kappa shape index (κ3) is 8.32. The molecule has 1 fully saturated rings. The summed E-state index contributed by atoms with van der Waals surface area (Å²) in [5.41, 5.74) is 1.74. The normalized spacial score (nSPS) is 14.2. The van der Waals surface area contributed by atoms with E-state index in [2.05, 4.69) is 5.32 Å². The van der Waals surface area contributed by atoms with Crippen molar-refractivity contribution in [2.45, 2.75) is 63.6 Å². The van der Waals surface area contributed by atoms with E-state index in [1.807, 2.05) is 30.3 Å². The lowest BCUT2D eigenvalue weighted by Crippen LogP contribution is -2.52. The molecular weight excluding hydrogens is 503 g/mol. The van der Waals surface area contributed by atoms with Crippen LogP contribution in [0.1, 0.15) is 49.7 Å². The van der Waals surface area contributed by atoms with Crippen molar-refractivity contribution in [3.8, 4) is 5.75 Å². The van der Waals surface area contributed by atoms with Crippen LogP contribution < -0.4 is 10.1 Å². The molecule has 3 aromatic rings. The third-order valence-corrected chi connectivity index (χ3v) is 7.11. The van der Waals surface area contributed by atoms with E-state index in [9.17, 15) is 14.0 Å². The lowest BCUT2D eigenvalue weighted by atomic mass is 10.0. The number of ether oxygens (including phenoxy) is 1. The second kappa shape index (κ2) is 14.0. The van der Waals surface area contributed by atoms with E-state index in [-0.39, 0.29) is 36.6 Å². The Morgan fingerprint density at radius 3 is 2.32 bits per heavy atom. The average molecular weight is 537 g/mol. The highest BCUT2D eigenvalue weighted by molar-refractivity contribution is 6.30. The number of hydrogen-bond acceptors (Lipinski definition) is 3. The Balaban J connectivity index is 1.50. The van der Waals surface area contributed by atoms with Gasteiger partial charge in [-0.25, -0.2) is 4.39 Å². The van der Waals surface area contributed by atoms with Gasteiger partial charge in [0.2, 0.25) is 11.8 Å². The van der Waals surface area contributed by atoms with Gasteiger partial charge in [0.15, 0.2) is 0 Å². The van der Waals surface area contributed by atoms with Crippen molar-refractivity contribution in [2.75, 3.05) is 6.61 Å². The molecule has 0 aromatic heterocycles. The fourth-order valence-electron chi connectivity index (χ4n) is 4.80. The van der Waals surface area contributed by atoms with E-state index in [4.69, 9.17) is 16.3 Å². The van der Waals surface area contributed by atoms with Crippen LogP contribution in [-0.2, 0) is 22.6 Å². The maximum Gasteiger partial charge on any atom is 0.243 e. The van der Waals surface area contributed by atoms with E-state index < -0.39 is 6.04 Å². The van der Waals surface area contributed by atoms with Gasteiger partial charge in [-0.05, 0) is 66.8 Å². The molecule has 1 atom stereocenters. The number of carbonyl (C=O) groups excluding carboxylic acids is 2. The maximum atomic E-state index is 13.6. The number of hydrogen-bond donors (Lipinski definition) is 1. The first-order chi connectivity index (χ1) is 18.5. The van der Waals surface area contributed by atoms with Crippen LogP contribution in [0.15, 0.2) is 78.9 Å². The molecule has 0 unspecified atom stereocenters. The summed E-state index contributed by atoms with van der Waals surface area (Å²) in [5.74, 6) is 0.0545. The molecule has 5 nitrogen and oxygen atoms in total. The Hall–Kier alpha value is -3.38. The van der Waals surface area contributed by atoms with Gasteiger partial charge in [0.1, 0.15) is 17.6 Å². The van der Waals surface area contributed by atoms with Crippen LogP contribution in [0.5, 0.6) is 5.75 Å². The van der Waals surface area contributed by atoms with Crippen LogP contribution in [0.25, 0.3) is 0 Å². The topological polar surface area (TPSA) is 58.6 Å². The zero-order valence-electron chi connectivity index (χ0n) is 21.5. The zero-order valence-corrected chi connectivity index (χ0v) is 22.2. The molecule has 0 spiro atoms. The van der Waals surface area contributed by atoms with Crippen molar-refractivity contribution >= 4 is 23.4 Å². The summed E-state index contributed by atoms with van der Waals surface area (Å²) in [4.78, 5) is 28.9.